The molecule has 0 bridgehead atoms. The Hall–Kier alpha value is -2.36. The van der Waals surface area contributed by atoms with Crippen molar-refractivity contribution in [1.82, 2.24) is 9.44 Å². The van der Waals surface area contributed by atoms with Crippen LogP contribution in [0.2, 0.25) is 0 Å². The number of rotatable bonds is 22. The van der Waals surface area contributed by atoms with E-state index in [4.69, 9.17) is 37.7 Å². The standard InChI is InChI=1S/C24H40N2O39S6/c27-7-5(25-66(37,38)39)21(36)57-3(1-55-68(43,44)45)12(7)59-24-17(65-71(52,53)54)11(31)15(18(63-24)20(34)35)61-22-6(26-67(40,41)42)14(64-70(49,50)51)13(4(58-22)2-56-69(46,47)48)60-23-10(30)8(28)9(29)16(62-23)19(32)33/h3-18,21-31,36H,1-2H2,(H,32,33)(H,34,35)(H,37,38,39)(H,40,41,42)(H,43,44,45)(H,46,47,48)(H,49,50,51)(H,52,53,54)/t3-,4-,5-,6-,7-,8+,9+,10-,11+,12-,13-,14-,15+,16+,17-,18-,21-,22-,23-,24-/m1/s1. The molecule has 0 aromatic rings. The Kier molecular flexibility index (Phi) is 19.7. The number of aliphatic hydroxyl groups is 6. The maximum atomic E-state index is 12.8. The van der Waals surface area contributed by atoms with Gasteiger partial charge in [-0.25, -0.2) is 26.3 Å². The van der Waals surface area contributed by atoms with E-state index >= 15 is 0 Å². The van der Waals surface area contributed by atoms with Crippen LogP contribution in [0.25, 0.3) is 0 Å². The molecule has 16 N–H and O–H groups in total. The molecule has 47 heteroatoms. The van der Waals surface area contributed by atoms with Crippen molar-refractivity contribution < 1.29 is 178 Å². The zero-order valence-electron chi connectivity index (χ0n) is 33.9. The Labute approximate surface area is 396 Å². The number of carbonyl (C=O) groups is 2. The number of aliphatic carboxylic acids is 2. The molecule has 0 amide bonds. The Morgan fingerprint density at radius 2 is 0.859 bits per heavy atom. The molecule has 4 aliphatic rings. The average Bonchev–Trinajstić information content (AvgIpc) is 3.17. The first-order valence-electron chi connectivity index (χ1n) is 18.2. The van der Waals surface area contributed by atoms with Crippen molar-refractivity contribution in [3.05, 3.63) is 0 Å². The summed E-state index contributed by atoms with van der Waals surface area (Å²) < 4.78 is 255. The third-order valence-electron chi connectivity index (χ3n) is 9.59. The van der Waals surface area contributed by atoms with Crippen molar-refractivity contribution in [2.75, 3.05) is 13.2 Å². The van der Waals surface area contributed by atoms with E-state index in [1.807, 2.05) is 0 Å². The summed E-state index contributed by atoms with van der Waals surface area (Å²) in [5.74, 6) is -4.55. The van der Waals surface area contributed by atoms with Gasteiger partial charge in [0, 0.05) is 0 Å². The Morgan fingerprint density at radius 3 is 1.32 bits per heavy atom. The van der Waals surface area contributed by atoms with E-state index in [0.29, 0.717) is 0 Å². The molecule has 0 saturated carbocycles. The fraction of sp³-hybridized carbons (Fsp3) is 0.917. The summed E-state index contributed by atoms with van der Waals surface area (Å²) in [6, 6.07) is -5.57. The highest BCUT2D eigenvalue weighted by Gasteiger charge is 2.60. The van der Waals surface area contributed by atoms with Crippen molar-refractivity contribution in [3.63, 3.8) is 0 Å². The lowest BCUT2D eigenvalue weighted by Gasteiger charge is -2.50. The molecule has 20 atom stereocenters. The number of nitrogens with one attached hydrogen (secondary N) is 2. The Bertz CT molecular complexity index is 2580. The van der Waals surface area contributed by atoms with Crippen LogP contribution in [-0.4, -0.2) is 267 Å². The summed E-state index contributed by atoms with van der Waals surface area (Å²) in [5.41, 5.74) is 0. The SMILES string of the molecule is O=C(O)[C@H]1O[C@@H](O[C@H]2[C@H](OS(=O)(=O)O)[C@@H](NS(=O)(=O)O)[C@@H](O[C@H]3[C@H](O)[C@@H](OS(=O)(=O)O)[C@H](O[C@H]4[C@H](O)[C@@H](NS(=O)(=O)O)[C@H](O)O[C@@H]4COS(=O)(=O)O)O[C@H]3C(=O)O)O[C@@H]2COS(=O)(=O)O)[C@H](O)[C@@H](O)[C@@H]1O. The minimum absolute atomic E-state index is 1.15. The van der Waals surface area contributed by atoms with Gasteiger partial charge in [-0.05, 0) is 0 Å². The third-order valence-corrected chi connectivity index (χ3v) is 12.5. The van der Waals surface area contributed by atoms with Crippen molar-refractivity contribution in [2.45, 2.75) is 123 Å². The molecule has 0 radical (unpaired) electrons. The van der Waals surface area contributed by atoms with Crippen molar-refractivity contribution in [1.29, 1.82) is 0 Å². The van der Waals surface area contributed by atoms with Crippen LogP contribution >= 0.6 is 0 Å². The van der Waals surface area contributed by atoms with Crippen LogP contribution in [0.3, 0.4) is 0 Å². The zero-order valence-corrected chi connectivity index (χ0v) is 38.8. The normalized spacial score (nSPS) is 39.2. The number of hydrogen-bond acceptors (Lipinski definition) is 31. The monoisotopic (exact) mass is 1170 g/mol. The number of hydrogen-bond donors (Lipinski definition) is 16. The molecule has 4 rings (SSSR count). The van der Waals surface area contributed by atoms with Crippen LogP contribution in [0.4, 0.5) is 0 Å². The smallest absolute Gasteiger partial charge is 0.397 e. The summed E-state index contributed by atoms with van der Waals surface area (Å²) in [6.07, 6.45) is -50.7. The lowest BCUT2D eigenvalue weighted by molar-refractivity contribution is -0.367. The molecule has 0 unspecified atom stereocenters. The minimum atomic E-state index is -6.15. The van der Waals surface area contributed by atoms with Crippen LogP contribution in [0.1, 0.15) is 0 Å². The summed E-state index contributed by atoms with van der Waals surface area (Å²) in [7, 11) is -34.9. The molecular weight excluding hydrogens is 1130 g/mol. The van der Waals surface area contributed by atoms with Crippen molar-refractivity contribution in [2.24, 2.45) is 0 Å². The Morgan fingerprint density at radius 1 is 0.423 bits per heavy atom. The number of carboxylic acids is 2. The maximum Gasteiger partial charge on any atom is 0.397 e. The first-order chi connectivity index (χ1) is 32.1. The van der Waals surface area contributed by atoms with Gasteiger partial charge in [0.05, 0.1) is 13.2 Å². The van der Waals surface area contributed by atoms with E-state index < -0.39 is 210 Å². The lowest BCUT2D eigenvalue weighted by Crippen LogP contribution is -2.71. The third kappa shape index (κ3) is 17.3. The van der Waals surface area contributed by atoms with Crippen molar-refractivity contribution >= 4 is 74.1 Å². The van der Waals surface area contributed by atoms with Gasteiger partial charge in [-0.2, -0.15) is 60.0 Å². The molecule has 4 saturated heterocycles. The number of carboxylic acid groups (broad SMARTS) is 2. The van der Waals surface area contributed by atoms with Crippen LogP contribution in [0, 0.1) is 0 Å². The lowest BCUT2D eigenvalue weighted by atomic mass is 9.94. The Balaban J connectivity index is 1.86. The predicted octanol–water partition coefficient (Wildman–Crippen LogP) is -11.5. The van der Waals surface area contributed by atoms with Gasteiger partial charge in [0.15, 0.2) is 43.5 Å². The van der Waals surface area contributed by atoms with Gasteiger partial charge in [-0.1, -0.05) is 0 Å². The molecule has 71 heavy (non-hydrogen) atoms. The fourth-order valence-electron chi connectivity index (χ4n) is 6.87. The molecule has 41 nitrogen and oxygen atoms in total. The molecule has 4 fully saturated rings. The van der Waals surface area contributed by atoms with Gasteiger partial charge < -0.3 is 74.0 Å². The van der Waals surface area contributed by atoms with E-state index in [9.17, 15) is 124 Å². The number of ether oxygens (including phenoxy) is 7. The van der Waals surface area contributed by atoms with E-state index in [0.717, 1.165) is 4.72 Å². The molecule has 4 heterocycles. The largest absolute Gasteiger partial charge is 0.479 e. The predicted molar refractivity (Wildman–Crippen MR) is 202 cm³/mol. The molecule has 0 aliphatic carbocycles. The molecule has 4 aliphatic heterocycles. The molecular formula is C24H40N2O39S6. The molecule has 0 aromatic carbocycles. The topological polar surface area (TPSA) is 648 Å². The van der Waals surface area contributed by atoms with Crippen LogP contribution < -0.4 is 9.44 Å². The van der Waals surface area contributed by atoms with E-state index in [-0.39, 0.29) is 0 Å². The highest BCUT2D eigenvalue weighted by Crippen LogP contribution is 2.37. The van der Waals surface area contributed by atoms with Gasteiger partial charge in [0.1, 0.15) is 79.2 Å². The fourth-order valence-corrected chi connectivity index (χ4v) is 9.67. The highest BCUT2D eigenvalue weighted by atomic mass is 32.3. The number of aliphatic hydroxyl groups excluding tert-OH is 6. The van der Waals surface area contributed by atoms with E-state index in [2.05, 4.69) is 16.7 Å². The van der Waals surface area contributed by atoms with Gasteiger partial charge in [-0.15, -0.1) is 0 Å². The van der Waals surface area contributed by atoms with Crippen LogP contribution in [0.15, 0.2) is 0 Å². The average molecular weight is 1170 g/mol. The van der Waals surface area contributed by atoms with Gasteiger partial charge >= 0.3 is 74.1 Å². The molecule has 0 aromatic heterocycles. The van der Waals surface area contributed by atoms with Gasteiger partial charge in [-0.3, -0.25) is 27.3 Å². The molecule has 416 valence electrons. The summed E-state index contributed by atoms with van der Waals surface area (Å²) in [4.78, 5) is 24.5. The second-order valence-electron chi connectivity index (χ2n) is 14.5. The van der Waals surface area contributed by atoms with Gasteiger partial charge in [0.2, 0.25) is 0 Å². The van der Waals surface area contributed by atoms with Crippen LogP contribution in [0.5, 0.6) is 0 Å². The van der Waals surface area contributed by atoms with E-state index in [1.165, 1.54) is 4.72 Å². The van der Waals surface area contributed by atoms with E-state index in [1.54, 1.807) is 0 Å². The van der Waals surface area contributed by atoms with Gasteiger partial charge in [0.25, 0.3) is 0 Å². The minimum Gasteiger partial charge on any atom is -0.479 e. The second-order valence-corrected chi connectivity index (χ2v) is 21.2. The highest BCUT2D eigenvalue weighted by molar-refractivity contribution is 7.84. The van der Waals surface area contributed by atoms with Crippen LogP contribution in [-0.2, 0) is 122 Å². The first kappa shape index (κ1) is 61.2. The quantitative estimate of drug-likeness (QED) is 0.0448. The summed E-state index contributed by atoms with van der Waals surface area (Å²) in [6.45, 7) is -3.41. The molecule has 0 spiro atoms. The zero-order chi connectivity index (χ0) is 54.3. The van der Waals surface area contributed by atoms with Crippen molar-refractivity contribution in [3.8, 4) is 0 Å². The summed E-state index contributed by atoms with van der Waals surface area (Å²) in [5, 5.41) is 83.5. The second kappa shape index (κ2) is 22.9. The summed E-state index contributed by atoms with van der Waals surface area (Å²) >= 11 is 0. The maximum absolute atomic E-state index is 12.8. The first-order valence-corrected chi connectivity index (χ1v) is 26.6.